The Labute approximate surface area is 229 Å². The van der Waals surface area contributed by atoms with E-state index in [0.29, 0.717) is 52.9 Å². The van der Waals surface area contributed by atoms with Crippen LogP contribution in [0.4, 0.5) is 0 Å². The molecule has 0 fully saturated rings. The van der Waals surface area contributed by atoms with Crippen LogP contribution in [0.25, 0.3) is 0 Å². The van der Waals surface area contributed by atoms with E-state index >= 15 is 0 Å². The molecule has 6 heteroatoms. The first kappa shape index (κ1) is 36.1. The molecule has 36 heavy (non-hydrogen) atoms. The Kier molecular flexibility index (Phi) is 35.2. The largest absolute Gasteiger partial charge is 0.379 e. The van der Waals surface area contributed by atoms with Crippen LogP contribution in [0.15, 0.2) is 0 Å². The van der Waals surface area contributed by atoms with Crippen molar-refractivity contribution >= 4 is 11.6 Å². The summed E-state index contributed by atoms with van der Waals surface area (Å²) in [4.78, 5) is 0. The van der Waals surface area contributed by atoms with Gasteiger partial charge in [-0.2, -0.15) is 0 Å². The second kappa shape index (κ2) is 35.1. The number of ether oxygens (including phenoxy) is 5. The van der Waals surface area contributed by atoms with Crippen molar-refractivity contribution in [2.24, 2.45) is 0 Å². The standard InChI is InChI=1S/C30H61ClO5/c1-2-3-4-5-6-7-8-9-10-11-12-13-15-18-21-32-23-25-34-27-29-36-30-28-35-26-24-33-22-19-16-14-17-20-31/h2-30H2,1H3. The van der Waals surface area contributed by atoms with Crippen molar-refractivity contribution in [3.63, 3.8) is 0 Å². The van der Waals surface area contributed by atoms with Gasteiger partial charge in [0.15, 0.2) is 0 Å². The fourth-order valence-corrected chi connectivity index (χ4v) is 4.22. The lowest BCUT2D eigenvalue weighted by Crippen LogP contribution is -2.13. The van der Waals surface area contributed by atoms with Crippen molar-refractivity contribution in [3.05, 3.63) is 0 Å². The van der Waals surface area contributed by atoms with Gasteiger partial charge in [0, 0.05) is 19.1 Å². The number of unbranched alkanes of at least 4 members (excludes halogenated alkanes) is 16. The number of hydrogen-bond acceptors (Lipinski definition) is 5. The van der Waals surface area contributed by atoms with E-state index < -0.39 is 0 Å². The van der Waals surface area contributed by atoms with Crippen LogP contribution >= 0.6 is 11.6 Å². The molecule has 0 radical (unpaired) electrons. The van der Waals surface area contributed by atoms with E-state index in [1.807, 2.05) is 0 Å². The SMILES string of the molecule is CCCCCCCCCCCCCCCCOCCOCCOCCOCCOCCCCCCCl. The van der Waals surface area contributed by atoms with Crippen molar-refractivity contribution in [3.8, 4) is 0 Å². The Bertz CT molecular complexity index is 339. The summed E-state index contributed by atoms with van der Waals surface area (Å²) in [5.41, 5.74) is 0. The first-order valence-electron chi connectivity index (χ1n) is 15.4. The lowest BCUT2D eigenvalue weighted by Gasteiger charge is -2.08. The van der Waals surface area contributed by atoms with E-state index in [9.17, 15) is 0 Å². The molecule has 0 N–H and O–H groups in total. The van der Waals surface area contributed by atoms with Gasteiger partial charge in [-0.25, -0.2) is 0 Å². The Morgan fingerprint density at radius 2 is 0.556 bits per heavy atom. The van der Waals surface area contributed by atoms with Crippen LogP contribution in [-0.2, 0) is 23.7 Å². The average Bonchev–Trinajstić information content (AvgIpc) is 2.89. The number of halogens is 1. The highest BCUT2D eigenvalue weighted by atomic mass is 35.5. The predicted octanol–water partition coefficient (Wildman–Crippen LogP) is 8.35. The molecular weight excluding hydrogens is 476 g/mol. The number of hydrogen-bond donors (Lipinski definition) is 0. The summed E-state index contributed by atoms with van der Waals surface area (Å²) in [5, 5.41) is 0. The molecule has 0 aliphatic rings. The topological polar surface area (TPSA) is 46.2 Å². The summed E-state index contributed by atoms with van der Waals surface area (Å²) in [6, 6.07) is 0. The van der Waals surface area contributed by atoms with Gasteiger partial charge in [-0.1, -0.05) is 103 Å². The van der Waals surface area contributed by atoms with Gasteiger partial charge in [-0.15, -0.1) is 11.6 Å². The summed E-state index contributed by atoms with van der Waals surface area (Å²) in [5.74, 6) is 0.761. The maximum Gasteiger partial charge on any atom is 0.0701 e. The minimum absolute atomic E-state index is 0.595. The van der Waals surface area contributed by atoms with Crippen molar-refractivity contribution in [1.29, 1.82) is 0 Å². The molecule has 0 aromatic carbocycles. The summed E-state index contributed by atoms with van der Waals surface area (Å²) >= 11 is 5.65. The quantitative estimate of drug-likeness (QED) is 0.0622. The highest BCUT2D eigenvalue weighted by Crippen LogP contribution is 2.13. The molecule has 5 nitrogen and oxygen atoms in total. The third kappa shape index (κ3) is 34.1. The van der Waals surface area contributed by atoms with Crippen LogP contribution in [0.1, 0.15) is 122 Å². The van der Waals surface area contributed by atoms with Gasteiger partial charge >= 0.3 is 0 Å². The predicted molar refractivity (Wildman–Crippen MR) is 154 cm³/mol. The van der Waals surface area contributed by atoms with E-state index in [2.05, 4.69) is 6.92 Å². The van der Waals surface area contributed by atoms with Crippen LogP contribution in [-0.4, -0.2) is 71.9 Å². The van der Waals surface area contributed by atoms with Crippen molar-refractivity contribution in [2.75, 3.05) is 71.9 Å². The minimum atomic E-state index is 0.595. The molecule has 0 heterocycles. The third-order valence-corrected chi connectivity index (χ3v) is 6.57. The van der Waals surface area contributed by atoms with Gasteiger partial charge in [-0.3, -0.25) is 0 Å². The lowest BCUT2D eigenvalue weighted by molar-refractivity contribution is -0.0114. The summed E-state index contributed by atoms with van der Waals surface area (Å²) in [6.07, 6.45) is 24.0. The zero-order valence-electron chi connectivity index (χ0n) is 23.9. The Balaban J connectivity index is 3.00. The summed E-state index contributed by atoms with van der Waals surface area (Å²) < 4.78 is 27.8. The van der Waals surface area contributed by atoms with Gasteiger partial charge in [0.05, 0.1) is 52.9 Å². The molecule has 0 aliphatic carbocycles. The second-order valence-electron chi connectivity index (χ2n) is 9.76. The van der Waals surface area contributed by atoms with E-state index in [0.717, 1.165) is 31.9 Å². The molecule has 218 valence electrons. The fraction of sp³-hybridized carbons (Fsp3) is 1.00. The molecule has 0 aromatic rings. The van der Waals surface area contributed by atoms with Gasteiger partial charge in [0.25, 0.3) is 0 Å². The maximum absolute atomic E-state index is 5.66. The lowest BCUT2D eigenvalue weighted by atomic mass is 10.0. The highest BCUT2D eigenvalue weighted by molar-refractivity contribution is 6.17. The molecule has 0 rings (SSSR count). The smallest absolute Gasteiger partial charge is 0.0701 e. The minimum Gasteiger partial charge on any atom is -0.379 e. The van der Waals surface area contributed by atoms with Crippen LogP contribution in [0.3, 0.4) is 0 Å². The highest BCUT2D eigenvalue weighted by Gasteiger charge is 1.96. The van der Waals surface area contributed by atoms with Gasteiger partial charge in [0.1, 0.15) is 0 Å². The molecule has 0 atom stereocenters. The maximum atomic E-state index is 5.66. The first-order valence-corrected chi connectivity index (χ1v) is 15.9. The van der Waals surface area contributed by atoms with Gasteiger partial charge in [-0.05, 0) is 19.3 Å². The zero-order valence-corrected chi connectivity index (χ0v) is 24.7. The number of alkyl halides is 1. The van der Waals surface area contributed by atoms with E-state index in [-0.39, 0.29) is 0 Å². The Morgan fingerprint density at radius 1 is 0.306 bits per heavy atom. The molecule has 0 aliphatic heterocycles. The van der Waals surface area contributed by atoms with Crippen LogP contribution in [0, 0.1) is 0 Å². The molecule has 0 amide bonds. The molecule has 0 aromatic heterocycles. The molecular formula is C30H61ClO5. The Hall–Kier alpha value is 0.0900. The van der Waals surface area contributed by atoms with Crippen LogP contribution < -0.4 is 0 Å². The summed E-state index contributed by atoms with van der Waals surface area (Å²) in [7, 11) is 0. The Morgan fingerprint density at radius 3 is 0.861 bits per heavy atom. The van der Waals surface area contributed by atoms with Gasteiger partial charge < -0.3 is 23.7 Å². The average molecular weight is 537 g/mol. The fourth-order valence-electron chi connectivity index (χ4n) is 4.03. The molecule has 0 bridgehead atoms. The molecule has 0 saturated carbocycles. The van der Waals surface area contributed by atoms with E-state index in [1.165, 1.54) is 103 Å². The monoisotopic (exact) mass is 536 g/mol. The first-order chi connectivity index (χ1) is 17.9. The van der Waals surface area contributed by atoms with Crippen molar-refractivity contribution in [2.45, 2.75) is 122 Å². The van der Waals surface area contributed by atoms with Crippen molar-refractivity contribution in [1.82, 2.24) is 0 Å². The number of rotatable bonds is 33. The molecule has 0 spiro atoms. The van der Waals surface area contributed by atoms with Crippen molar-refractivity contribution < 1.29 is 23.7 Å². The van der Waals surface area contributed by atoms with Crippen LogP contribution in [0.5, 0.6) is 0 Å². The zero-order chi connectivity index (χ0) is 26.0. The van der Waals surface area contributed by atoms with E-state index in [4.69, 9.17) is 35.3 Å². The third-order valence-electron chi connectivity index (χ3n) is 6.30. The second-order valence-corrected chi connectivity index (χ2v) is 10.1. The molecule has 0 saturated heterocycles. The van der Waals surface area contributed by atoms with Crippen LogP contribution in [0.2, 0.25) is 0 Å². The van der Waals surface area contributed by atoms with E-state index in [1.54, 1.807) is 0 Å². The molecule has 0 unspecified atom stereocenters. The van der Waals surface area contributed by atoms with Gasteiger partial charge in [0.2, 0.25) is 0 Å². The summed E-state index contributed by atoms with van der Waals surface area (Å²) in [6.45, 7) is 8.94. The normalized spacial score (nSPS) is 11.5.